The number of benzene rings is 1. The summed E-state index contributed by atoms with van der Waals surface area (Å²) in [5.74, 6) is 0.176. The van der Waals surface area contributed by atoms with Gasteiger partial charge in [-0.15, -0.1) is 0 Å². The maximum Gasteiger partial charge on any atom is 0.274 e. The van der Waals surface area contributed by atoms with Crippen molar-refractivity contribution in [1.82, 2.24) is 4.98 Å². The summed E-state index contributed by atoms with van der Waals surface area (Å²) in [5, 5.41) is 6.51. The molecule has 0 spiro atoms. The second-order valence-electron chi connectivity index (χ2n) is 5.11. The van der Waals surface area contributed by atoms with Crippen LogP contribution in [0.4, 0.5) is 11.4 Å². The molecule has 1 aromatic heterocycles. The van der Waals surface area contributed by atoms with Crippen molar-refractivity contribution in [1.29, 1.82) is 0 Å². The van der Waals surface area contributed by atoms with E-state index in [1.54, 1.807) is 37.6 Å². The number of aromatic nitrogens is 1. The fourth-order valence-electron chi connectivity index (χ4n) is 2.05. The van der Waals surface area contributed by atoms with Crippen LogP contribution in [-0.2, 0) is 4.74 Å². The third-order valence-electron chi connectivity index (χ3n) is 3.36. The molecule has 2 aromatic rings. The SMILES string of the molecule is COCCNc1ccc(C(=O)Nc2cc(C)c(Cl)cc2OC)nc1. The molecule has 0 aliphatic carbocycles. The Balaban J connectivity index is 2.08. The van der Waals surface area contributed by atoms with Crippen LogP contribution in [-0.4, -0.2) is 38.3 Å². The van der Waals surface area contributed by atoms with Gasteiger partial charge in [-0.1, -0.05) is 11.6 Å². The number of aryl methyl sites for hydroxylation is 1. The number of amides is 1. The lowest BCUT2D eigenvalue weighted by Crippen LogP contribution is -2.15. The summed E-state index contributed by atoms with van der Waals surface area (Å²) in [5.41, 5.74) is 2.53. The highest BCUT2D eigenvalue weighted by atomic mass is 35.5. The van der Waals surface area contributed by atoms with Gasteiger partial charge in [0.05, 0.1) is 31.3 Å². The highest BCUT2D eigenvalue weighted by Crippen LogP contribution is 2.31. The molecule has 1 heterocycles. The Morgan fingerprint density at radius 3 is 2.71 bits per heavy atom. The zero-order valence-corrected chi connectivity index (χ0v) is 14.6. The number of nitrogens with zero attached hydrogens (tertiary/aromatic N) is 1. The summed E-state index contributed by atoms with van der Waals surface area (Å²) >= 11 is 6.07. The Morgan fingerprint density at radius 1 is 1.29 bits per heavy atom. The molecule has 0 aliphatic heterocycles. The Hall–Kier alpha value is -2.31. The van der Waals surface area contributed by atoms with E-state index in [0.29, 0.717) is 35.3 Å². The normalized spacial score (nSPS) is 10.3. The molecule has 128 valence electrons. The van der Waals surface area contributed by atoms with E-state index in [4.69, 9.17) is 21.1 Å². The van der Waals surface area contributed by atoms with Crippen LogP contribution in [0.25, 0.3) is 0 Å². The van der Waals surface area contributed by atoms with E-state index in [9.17, 15) is 4.79 Å². The predicted molar refractivity (Wildman–Crippen MR) is 95.3 cm³/mol. The molecule has 0 unspecified atom stereocenters. The number of hydrogen-bond acceptors (Lipinski definition) is 5. The van der Waals surface area contributed by atoms with Crippen molar-refractivity contribution in [3.8, 4) is 5.75 Å². The minimum Gasteiger partial charge on any atom is -0.495 e. The predicted octanol–water partition coefficient (Wildman–Crippen LogP) is 3.36. The fraction of sp³-hybridized carbons (Fsp3) is 0.294. The van der Waals surface area contributed by atoms with Crippen LogP contribution in [0, 0.1) is 6.92 Å². The highest BCUT2D eigenvalue weighted by Gasteiger charge is 2.13. The molecule has 24 heavy (non-hydrogen) atoms. The minimum atomic E-state index is -0.321. The fourth-order valence-corrected chi connectivity index (χ4v) is 2.20. The molecule has 0 atom stereocenters. The first-order valence-corrected chi connectivity index (χ1v) is 7.77. The van der Waals surface area contributed by atoms with Gasteiger partial charge in [-0.3, -0.25) is 4.79 Å². The average molecular weight is 350 g/mol. The standard InChI is InChI=1S/C17H20ClN3O3/c1-11-8-15(16(24-3)9-13(11)18)21-17(22)14-5-4-12(10-20-14)19-6-7-23-2/h4-5,8-10,19H,6-7H2,1-3H3,(H,21,22). The van der Waals surface area contributed by atoms with Crippen LogP contribution in [0.5, 0.6) is 5.75 Å². The number of nitrogens with one attached hydrogen (secondary N) is 2. The number of methoxy groups -OCH3 is 2. The lowest BCUT2D eigenvalue weighted by Gasteiger charge is -2.12. The summed E-state index contributed by atoms with van der Waals surface area (Å²) in [4.78, 5) is 16.5. The molecule has 1 amide bonds. The molecule has 7 heteroatoms. The number of halogens is 1. The Morgan fingerprint density at radius 2 is 2.08 bits per heavy atom. The Labute approximate surface area is 146 Å². The lowest BCUT2D eigenvalue weighted by molar-refractivity contribution is 0.102. The number of anilines is 2. The zero-order chi connectivity index (χ0) is 17.5. The van der Waals surface area contributed by atoms with Crippen molar-refractivity contribution >= 4 is 28.9 Å². The first-order chi connectivity index (χ1) is 11.5. The number of rotatable bonds is 7. The van der Waals surface area contributed by atoms with Crippen LogP contribution in [0.2, 0.25) is 5.02 Å². The summed E-state index contributed by atoms with van der Waals surface area (Å²) in [6, 6.07) is 6.88. The van der Waals surface area contributed by atoms with Crippen molar-refractivity contribution in [2.75, 3.05) is 38.0 Å². The van der Waals surface area contributed by atoms with Gasteiger partial charge in [0, 0.05) is 24.7 Å². The van der Waals surface area contributed by atoms with Gasteiger partial charge < -0.3 is 20.1 Å². The number of carbonyl (C=O) groups is 1. The molecule has 1 aromatic carbocycles. The molecule has 0 bridgehead atoms. The van der Waals surface area contributed by atoms with Crippen molar-refractivity contribution in [3.63, 3.8) is 0 Å². The van der Waals surface area contributed by atoms with E-state index < -0.39 is 0 Å². The molecule has 0 aliphatic rings. The molecule has 2 N–H and O–H groups in total. The van der Waals surface area contributed by atoms with Gasteiger partial charge in [0.15, 0.2) is 0 Å². The van der Waals surface area contributed by atoms with Crippen molar-refractivity contribution < 1.29 is 14.3 Å². The second-order valence-corrected chi connectivity index (χ2v) is 5.51. The number of carbonyl (C=O) groups excluding carboxylic acids is 1. The van der Waals surface area contributed by atoms with Crippen molar-refractivity contribution in [2.45, 2.75) is 6.92 Å². The minimum absolute atomic E-state index is 0.307. The molecule has 0 saturated carbocycles. The number of pyridine rings is 1. The third-order valence-corrected chi connectivity index (χ3v) is 3.77. The van der Waals surface area contributed by atoms with Gasteiger partial charge in [0.1, 0.15) is 11.4 Å². The largest absolute Gasteiger partial charge is 0.495 e. The molecular formula is C17H20ClN3O3. The molecule has 2 rings (SSSR count). The maximum absolute atomic E-state index is 12.3. The van der Waals surface area contributed by atoms with E-state index in [-0.39, 0.29) is 5.91 Å². The quantitative estimate of drug-likeness (QED) is 0.750. The molecular weight excluding hydrogens is 330 g/mol. The first-order valence-electron chi connectivity index (χ1n) is 7.39. The van der Waals surface area contributed by atoms with Crippen LogP contribution < -0.4 is 15.4 Å². The van der Waals surface area contributed by atoms with E-state index in [2.05, 4.69) is 15.6 Å². The molecule has 0 fully saturated rings. The van der Waals surface area contributed by atoms with E-state index >= 15 is 0 Å². The molecule has 0 radical (unpaired) electrons. The summed E-state index contributed by atoms with van der Waals surface area (Å²) < 4.78 is 10.2. The molecule has 6 nitrogen and oxygen atoms in total. The highest BCUT2D eigenvalue weighted by molar-refractivity contribution is 6.31. The van der Waals surface area contributed by atoms with Crippen LogP contribution in [0.1, 0.15) is 16.1 Å². The van der Waals surface area contributed by atoms with Gasteiger partial charge in [-0.25, -0.2) is 4.98 Å². The summed E-state index contributed by atoms with van der Waals surface area (Å²) in [7, 11) is 3.16. The second kappa shape index (κ2) is 8.52. The topological polar surface area (TPSA) is 72.5 Å². The zero-order valence-electron chi connectivity index (χ0n) is 13.9. The van der Waals surface area contributed by atoms with Crippen LogP contribution in [0.3, 0.4) is 0 Å². The van der Waals surface area contributed by atoms with Gasteiger partial charge in [-0.2, -0.15) is 0 Å². The van der Waals surface area contributed by atoms with Gasteiger partial charge in [0.25, 0.3) is 5.91 Å². The van der Waals surface area contributed by atoms with Crippen molar-refractivity contribution in [2.24, 2.45) is 0 Å². The van der Waals surface area contributed by atoms with E-state index in [0.717, 1.165) is 11.3 Å². The van der Waals surface area contributed by atoms with Gasteiger partial charge in [-0.05, 0) is 30.7 Å². The number of ether oxygens (including phenoxy) is 2. The van der Waals surface area contributed by atoms with Crippen LogP contribution in [0.15, 0.2) is 30.5 Å². The Kier molecular flexibility index (Phi) is 6.40. The number of hydrogen-bond donors (Lipinski definition) is 2. The first kappa shape index (κ1) is 18.0. The van der Waals surface area contributed by atoms with Gasteiger partial charge in [0.2, 0.25) is 0 Å². The van der Waals surface area contributed by atoms with Crippen molar-refractivity contribution in [3.05, 3.63) is 46.7 Å². The summed E-state index contributed by atoms with van der Waals surface area (Å²) in [6.07, 6.45) is 1.61. The average Bonchev–Trinajstić information content (AvgIpc) is 2.58. The van der Waals surface area contributed by atoms with Crippen LogP contribution >= 0.6 is 11.6 Å². The third kappa shape index (κ3) is 4.59. The van der Waals surface area contributed by atoms with Gasteiger partial charge >= 0.3 is 0 Å². The lowest BCUT2D eigenvalue weighted by atomic mass is 10.2. The smallest absolute Gasteiger partial charge is 0.274 e. The van der Waals surface area contributed by atoms with E-state index in [1.807, 2.05) is 6.92 Å². The van der Waals surface area contributed by atoms with E-state index in [1.165, 1.54) is 7.11 Å². The Bertz CT molecular complexity index is 705. The maximum atomic E-state index is 12.3. The molecule has 0 saturated heterocycles. The summed E-state index contributed by atoms with van der Waals surface area (Å²) in [6.45, 7) is 3.12. The monoisotopic (exact) mass is 349 g/mol.